The van der Waals surface area contributed by atoms with Gasteiger partial charge in [0.1, 0.15) is 11.5 Å². The van der Waals surface area contributed by atoms with Crippen LogP contribution in [0.2, 0.25) is 0 Å². The quantitative estimate of drug-likeness (QED) is 0.750. The average molecular weight is 357 g/mol. The molecule has 1 aromatic heterocycles. The van der Waals surface area contributed by atoms with Gasteiger partial charge in [0.15, 0.2) is 0 Å². The van der Waals surface area contributed by atoms with Crippen LogP contribution in [0.5, 0.6) is 5.75 Å². The van der Waals surface area contributed by atoms with Crippen molar-refractivity contribution >= 4 is 0 Å². The molecule has 1 aromatic carbocycles. The number of ether oxygens (including phenoxy) is 2. The van der Waals surface area contributed by atoms with Crippen LogP contribution in [0.15, 0.2) is 47.1 Å². The van der Waals surface area contributed by atoms with Gasteiger partial charge in [-0.1, -0.05) is 32.0 Å². The normalized spacial score (nSPS) is 21.7. The van der Waals surface area contributed by atoms with Crippen LogP contribution in [0.4, 0.5) is 0 Å². The number of para-hydroxylation sites is 1. The molecule has 0 aliphatic carbocycles. The zero-order valence-corrected chi connectivity index (χ0v) is 16.1. The predicted molar refractivity (Wildman–Crippen MR) is 104 cm³/mol. The molecule has 0 saturated carbocycles. The molecular formula is C22H31NO3. The molecule has 0 amide bonds. The molecule has 2 heterocycles. The van der Waals surface area contributed by atoms with Gasteiger partial charge in [0, 0.05) is 24.1 Å². The molecule has 1 fully saturated rings. The number of hydrogen-bond donors (Lipinski definition) is 1. The maximum atomic E-state index is 5.88. The summed E-state index contributed by atoms with van der Waals surface area (Å²) in [6, 6.07) is 12.8. The Bertz CT molecular complexity index is 653. The fraction of sp³-hybridized carbons (Fsp3) is 0.545. The molecule has 4 nitrogen and oxygen atoms in total. The van der Waals surface area contributed by atoms with Crippen molar-refractivity contribution < 1.29 is 13.9 Å². The lowest BCUT2D eigenvalue weighted by molar-refractivity contribution is -0.0243. The van der Waals surface area contributed by atoms with Crippen LogP contribution in [0.1, 0.15) is 50.4 Å². The maximum absolute atomic E-state index is 5.88. The van der Waals surface area contributed by atoms with Crippen LogP contribution in [0, 0.1) is 5.92 Å². The van der Waals surface area contributed by atoms with Crippen molar-refractivity contribution in [3.63, 3.8) is 0 Å². The highest BCUT2D eigenvalue weighted by Crippen LogP contribution is 2.34. The van der Waals surface area contributed by atoms with Crippen molar-refractivity contribution in [2.24, 2.45) is 5.92 Å². The zero-order valence-electron chi connectivity index (χ0n) is 16.1. The van der Waals surface area contributed by atoms with Gasteiger partial charge in [0.05, 0.1) is 19.5 Å². The van der Waals surface area contributed by atoms with E-state index in [0.717, 1.165) is 43.9 Å². The Morgan fingerprint density at radius 3 is 2.77 bits per heavy atom. The number of rotatable bonds is 8. The lowest BCUT2D eigenvalue weighted by atomic mass is 9.91. The van der Waals surface area contributed by atoms with Crippen molar-refractivity contribution in [3.8, 4) is 5.75 Å². The van der Waals surface area contributed by atoms with Crippen molar-refractivity contribution in [1.82, 2.24) is 5.32 Å². The summed E-state index contributed by atoms with van der Waals surface area (Å²) in [5.41, 5.74) is 1.18. The van der Waals surface area contributed by atoms with E-state index in [2.05, 4.69) is 37.4 Å². The third-order valence-electron chi connectivity index (χ3n) is 5.33. The van der Waals surface area contributed by atoms with Gasteiger partial charge in [-0.3, -0.25) is 0 Å². The number of methoxy groups -OCH3 is 1. The zero-order chi connectivity index (χ0) is 18.4. The molecule has 0 unspecified atom stereocenters. The molecular weight excluding hydrogens is 326 g/mol. The molecule has 1 aliphatic heterocycles. The first kappa shape index (κ1) is 19.0. The van der Waals surface area contributed by atoms with Gasteiger partial charge >= 0.3 is 0 Å². The lowest BCUT2D eigenvalue weighted by Gasteiger charge is -2.32. The van der Waals surface area contributed by atoms with Crippen LogP contribution in [0.25, 0.3) is 0 Å². The van der Waals surface area contributed by atoms with E-state index in [9.17, 15) is 0 Å². The molecule has 2 aromatic rings. The monoisotopic (exact) mass is 357 g/mol. The molecule has 0 radical (unpaired) electrons. The van der Waals surface area contributed by atoms with E-state index in [4.69, 9.17) is 13.9 Å². The first-order valence-corrected chi connectivity index (χ1v) is 9.70. The van der Waals surface area contributed by atoms with Crippen molar-refractivity contribution in [3.05, 3.63) is 54.0 Å². The molecule has 1 aliphatic rings. The molecule has 142 valence electrons. The van der Waals surface area contributed by atoms with E-state index in [0.29, 0.717) is 18.1 Å². The van der Waals surface area contributed by atoms with E-state index in [1.54, 1.807) is 13.4 Å². The molecule has 0 spiro atoms. The van der Waals surface area contributed by atoms with Gasteiger partial charge in [-0.2, -0.15) is 0 Å². The number of hydrogen-bond acceptors (Lipinski definition) is 4. The van der Waals surface area contributed by atoms with Crippen LogP contribution in [-0.4, -0.2) is 32.4 Å². The van der Waals surface area contributed by atoms with Crippen LogP contribution in [0.3, 0.4) is 0 Å². The summed E-state index contributed by atoms with van der Waals surface area (Å²) in [7, 11) is 1.73. The molecule has 3 atom stereocenters. The Hall–Kier alpha value is -1.78. The second-order valence-electron chi connectivity index (χ2n) is 7.43. The summed E-state index contributed by atoms with van der Waals surface area (Å²) in [5, 5.41) is 3.74. The SMILES string of the molecule is COc1ccccc1[C@H](CCN[C@@H]1CCO[C@H](C(C)C)C1)c1ccco1. The number of furan rings is 1. The average Bonchev–Trinajstić information content (AvgIpc) is 3.20. The fourth-order valence-electron chi connectivity index (χ4n) is 3.80. The number of benzene rings is 1. The van der Waals surface area contributed by atoms with Crippen molar-refractivity contribution in [1.29, 1.82) is 0 Å². The Morgan fingerprint density at radius 1 is 1.19 bits per heavy atom. The van der Waals surface area contributed by atoms with E-state index in [1.165, 1.54) is 5.56 Å². The second-order valence-corrected chi connectivity index (χ2v) is 7.43. The third-order valence-corrected chi connectivity index (χ3v) is 5.33. The van der Waals surface area contributed by atoms with E-state index in [1.807, 2.05) is 18.2 Å². The molecule has 0 bridgehead atoms. The van der Waals surface area contributed by atoms with Crippen LogP contribution in [-0.2, 0) is 4.74 Å². The van der Waals surface area contributed by atoms with Crippen LogP contribution >= 0.6 is 0 Å². The Labute approximate surface area is 156 Å². The van der Waals surface area contributed by atoms with Gasteiger partial charge in [-0.05, 0) is 49.9 Å². The molecule has 1 saturated heterocycles. The summed E-state index contributed by atoms with van der Waals surface area (Å²) in [5.74, 6) is 2.67. The first-order chi connectivity index (χ1) is 12.7. The van der Waals surface area contributed by atoms with Gasteiger partial charge in [-0.15, -0.1) is 0 Å². The summed E-state index contributed by atoms with van der Waals surface area (Å²) in [6.45, 7) is 6.27. The highest BCUT2D eigenvalue weighted by Gasteiger charge is 2.25. The fourth-order valence-corrected chi connectivity index (χ4v) is 3.80. The number of nitrogens with one attached hydrogen (secondary N) is 1. The minimum atomic E-state index is 0.189. The summed E-state index contributed by atoms with van der Waals surface area (Å²) in [4.78, 5) is 0. The first-order valence-electron chi connectivity index (χ1n) is 9.70. The lowest BCUT2D eigenvalue weighted by Crippen LogP contribution is -2.41. The topological polar surface area (TPSA) is 43.6 Å². The minimum Gasteiger partial charge on any atom is -0.496 e. The van der Waals surface area contributed by atoms with Gasteiger partial charge in [0.25, 0.3) is 0 Å². The minimum absolute atomic E-state index is 0.189. The van der Waals surface area contributed by atoms with E-state index >= 15 is 0 Å². The third kappa shape index (κ3) is 4.68. The summed E-state index contributed by atoms with van der Waals surface area (Å²) >= 11 is 0. The molecule has 3 rings (SSSR count). The smallest absolute Gasteiger partial charge is 0.122 e. The Kier molecular flexibility index (Phi) is 6.75. The molecule has 26 heavy (non-hydrogen) atoms. The van der Waals surface area contributed by atoms with Crippen molar-refractivity contribution in [2.45, 2.75) is 51.2 Å². The van der Waals surface area contributed by atoms with Gasteiger partial charge in [0.2, 0.25) is 0 Å². The Balaban J connectivity index is 1.64. The van der Waals surface area contributed by atoms with Crippen LogP contribution < -0.4 is 10.1 Å². The standard InChI is InChI=1S/C22H31NO3/c1-16(2)22-15-17(11-14-26-22)23-12-10-19(21-9-6-13-25-21)18-7-4-5-8-20(18)24-3/h4-9,13,16-17,19,22-23H,10-12,14-15H2,1-3H3/t17-,19+,22+/m1/s1. The maximum Gasteiger partial charge on any atom is 0.122 e. The highest BCUT2D eigenvalue weighted by molar-refractivity contribution is 5.39. The highest BCUT2D eigenvalue weighted by atomic mass is 16.5. The van der Waals surface area contributed by atoms with E-state index in [-0.39, 0.29) is 5.92 Å². The van der Waals surface area contributed by atoms with Crippen molar-refractivity contribution in [2.75, 3.05) is 20.3 Å². The second kappa shape index (κ2) is 9.24. The predicted octanol–water partition coefficient (Wildman–Crippen LogP) is 4.60. The molecule has 1 N–H and O–H groups in total. The Morgan fingerprint density at radius 2 is 2.04 bits per heavy atom. The molecule has 4 heteroatoms. The van der Waals surface area contributed by atoms with Gasteiger partial charge < -0.3 is 19.2 Å². The summed E-state index contributed by atoms with van der Waals surface area (Å²) in [6.07, 6.45) is 5.27. The summed E-state index contributed by atoms with van der Waals surface area (Å²) < 4.78 is 17.2. The largest absolute Gasteiger partial charge is 0.496 e. The van der Waals surface area contributed by atoms with E-state index < -0.39 is 0 Å². The van der Waals surface area contributed by atoms with Gasteiger partial charge in [-0.25, -0.2) is 0 Å².